The van der Waals surface area contributed by atoms with Gasteiger partial charge in [-0.3, -0.25) is 4.79 Å². The molecule has 1 amide bonds. The Morgan fingerprint density at radius 1 is 1.22 bits per heavy atom. The monoisotopic (exact) mass is 381 g/mol. The van der Waals surface area contributed by atoms with Crippen LogP contribution < -0.4 is 10.6 Å². The van der Waals surface area contributed by atoms with Gasteiger partial charge in [-0.1, -0.05) is 32.9 Å². The van der Waals surface area contributed by atoms with Gasteiger partial charge in [-0.05, 0) is 60.5 Å². The molecule has 0 aliphatic rings. The smallest absolute Gasteiger partial charge is 0.227 e. The first kappa shape index (κ1) is 19.0. The van der Waals surface area contributed by atoms with Crippen LogP contribution in [0, 0.1) is 0 Å². The van der Waals surface area contributed by atoms with Gasteiger partial charge in [0.25, 0.3) is 0 Å². The quantitative estimate of drug-likeness (QED) is 0.592. The first-order chi connectivity index (χ1) is 13.0. The van der Waals surface area contributed by atoms with E-state index in [0.29, 0.717) is 18.2 Å². The number of hydrogen-bond acceptors (Lipinski definition) is 4. The fourth-order valence-electron chi connectivity index (χ4n) is 2.72. The number of aromatic nitrogens is 1. The SMILES string of the molecule is CCC(=O)NC(=S)Nc1cccc(-c2nc3cc([C@H](C)CC)ccc3o2)c1. The van der Waals surface area contributed by atoms with Crippen molar-refractivity contribution in [3.63, 3.8) is 0 Å². The Morgan fingerprint density at radius 3 is 2.78 bits per heavy atom. The summed E-state index contributed by atoms with van der Waals surface area (Å²) >= 11 is 5.16. The van der Waals surface area contributed by atoms with Gasteiger partial charge in [0.15, 0.2) is 10.7 Å². The Kier molecular flexibility index (Phi) is 5.86. The van der Waals surface area contributed by atoms with Gasteiger partial charge in [0, 0.05) is 17.7 Å². The summed E-state index contributed by atoms with van der Waals surface area (Å²) in [5.74, 6) is 0.916. The van der Waals surface area contributed by atoms with Crippen molar-refractivity contribution in [1.29, 1.82) is 0 Å². The molecule has 0 spiro atoms. The second kappa shape index (κ2) is 8.31. The molecule has 0 unspecified atom stereocenters. The zero-order chi connectivity index (χ0) is 19.4. The highest BCUT2D eigenvalue weighted by Crippen LogP contribution is 2.29. The van der Waals surface area contributed by atoms with Crippen molar-refractivity contribution < 1.29 is 9.21 Å². The van der Waals surface area contributed by atoms with E-state index in [2.05, 4.69) is 41.6 Å². The van der Waals surface area contributed by atoms with Gasteiger partial charge in [-0.2, -0.15) is 0 Å². The second-order valence-corrected chi connectivity index (χ2v) is 6.90. The zero-order valence-corrected chi connectivity index (χ0v) is 16.5. The summed E-state index contributed by atoms with van der Waals surface area (Å²) in [7, 11) is 0. The molecule has 3 aromatic rings. The van der Waals surface area contributed by atoms with E-state index in [4.69, 9.17) is 16.6 Å². The van der Waals surface area contributed by atoms with Crippen LogP contribution in [0.15, 0.2) is 46.9 Å². The molecule has 1 heterocycles. The van der Waals surface area contributed by atoms with Crippen molar-refractivity contribution in [3.8, 4) is 11.5 Å². The Hall–Kier alpha value is -2.73. The van der Waals surface area contributed by atoms with Crippen LogP contribution >= 0.6 is 12.2 Å². The molecule has 1 aromatic heterocycles. The molecule has 0 radical (unpaired) electrons. The van der Waals surface area contributed by atoms with Crippen molar-refractivity contribution in [3.05, 3.63) is 48.0 Å². The number of amides is 1. The van der Waals surface area contributed by atoms with Gasteiger partial charge >= 0.3 is 0 Å². The zero-order valence-electron chi connectivity index (χ0n) is 15.7. The van der Waals surface area contributed by atoms with E-state index >= 15 is 0 Å². The highest BCUT2D eigenvalue weighted by Gasteiger charge is 2.12. The maximum absolute atomic E-state index is 11.4. The minimum Gasteiger partial charge on any atom is -0.436 e. The normalized spacial score (nSPS) is 12.0. The van der Waals surface area contributed by atoms with Gasteiger partial charge in [-0.25, -0.2) is 4.98 Å². The number of benzene rings is 2. The van der Waals surface area contributed by atoms with Gasteiger partial charge in [-0.15, -0.1) is 0 Å². The van der Waals surface area contributed by atoms with Crippen molar-refractivity contribution in [2.24, 2.45) is 0 Å². The lowest BCUT2D eigenvalue weighted by Gasteiger charge is -2.09. The third-order valence-corrected chi connectivity index (χ3v) is 4.74. The van der Waals surface area contributed by atoms with Gasteiger partial charge in [0.05, 0.1) is 0 Å². The largest absolute Gasteiger partial charge is 0.436 e. The molecule has 5 nitrogen and oxygen atoms in total. The maximum Gasteiger partial charge on any atom is 0.227 e. The van der Waals surface area contributed by atoms with E-state index in [0.717, 1.165) is 28.8 Å². The fourth-order valence-corrected chi connectivity index (χ4v) is 2.95. The summed E-state index contributed by atoms with van der Waals surface area (Å²) in [6, 6.07) is 13.7. The highest BCUT2D eigenvalue weighted by atomic mass is 32.1. The van der Waals surface area contributed by atoms with Crippen LogP contribution in [0.25, 0.3) is 22.6 Å². The van der Waals surface area contributed by atoms with E-state index < -0.39 is 0 Å². The molecule has 27 heavy (non-hydrogen) atoms. The molecule has 6 heteroatoms. The van der Waals surface area contributed by atoms with Gasteiger partial charge in [0.1, 0.15) is 5.52 Å². The van der Waals surface area contributed by atoms with Crippen LogP contribution in [-0.2, 0) is 4.79 Å². The number of anilines is 1. The molecular formula is C21H23N3O2S. The van der Waals surface area contributed by atoms with Gasteiger partial charge < -0.3 is 15.1 Å². The van der Waals surface area contributed by atoms with E-state index in [9.17, 15) is 4.79 Å². The lowest BCUT2D eigenvalue weighted by molar-refractivity contribution is -0.119. The minimum absolute atomic E-state index is 0.125. The second-order valence-electron chi connectivity index (χ2n) is 6.49. The van der Waals surface area contributed by atoms with E-state index in [1.807, 2.05) is 30.3 Å². The minimum atomic E-state index is -0.125. The number of hydrogen-bond donors (Lipinski definition) is 2. The summed E-state index contributed by atoms with van der Waals surface area (Å²) in [4.78, 5) is 16.1. The first-order valence-electron chi connectivity index (χ1n) is 9.12. The number of nitrogens with zero attached hydrogens (tertiary/aromatic N) is 1. The summed E-state index contributed by atoms with van der Waals surface area (Å²) in [5.41, 5.74) is 4.48. The molecule has 0 aliphatic carbocycles. The van der Waals surface area contributed by atoms with Crippen molar-refractivity contribution in [2.75, 3.05) is 5.32 Å². The molecule has 0 fully saturated rings. The molecule has 0 saturated carbocycles. The van der Waals surface area contributed by atoms with Crippen LogP contribution in [0.5, 0.6) is 0 Å². The first-order valence-corrected chi connectivity index (χ1v) is 9.52. The molecule has 140 valence electrons. The number of carbonyl (C=O) groups is 1. The Balaban J connectivity index is 1.84. The molecule has 2 aromatic carbocycles. The Bertz CT molecular complexity index is 980. The van der Waals surface area contributed by atoms with E-state index in [1.54, 1.807) is 6.92 Å². The number of carbonyl (C=O) groups excluding carboxylic acids is 1. The lowest BCUT2D eigenvalue weighted by atomic mass is 9.98. The number of fused-ring (bicyclic) bond motifs is 1. The summed E-state index contributed by atoms with van der Waals surface area (Å²) < 4.78 is 5.92. The third kappa shape index (κ3) is 4.52. The number of thiocarbonyl (C=S) groups is 1. The molecule has 0 bridgehead atoms. The molecule has 0 saturated heterocycles. The molecule has 1 atom stereocenters. The fraction of sp³-hybridized carbons (Fsp3) is 0.286. The molecule has 3 rings (SSSR count). The van der Waals surface area contributed by atoms with Crippen LogP contribution in [0.2, 0.25) is 0 Å². The molecular weight excluding hydrogens is 358 g/mol. The number of rotatable bonds is 5. The average molecular weight is 382 g/mol. The summed E-state index contributed by atoms with van der Waals surface area (Å²) in [6.45, 7) is 6.16. The van der Waals surface area contributed by atoms with E-state index in [-0.39, 0.29) is 11.0 Å². The molecule has 0 aliphatic heterocycles. The third-order valence-electron chi connectivity index (χ3n) is 4.53. The van der Waals surface area contributed by atoms with Crippen molar-refractivity contribution in [1.82, 2.24) is 10.3 Å². The van der Waals surface area contributed by atoms with E-state index in [1.165, 1.54) is 5.56 Å². The molecule has 2 N–H and O–H groups in total. The van der Waals surface area contributed by atoms with Crippen LogP contribution in [0.4, 0.5) is 5.69 Å². The Labute approximate surface area is 164 Å². The van der Waals surface area contributed by atoms with Crippen LogP contribution in [-0.4, -0.2) is 16.0 Å². The lowest BCUT2D eigenvalue weighted by Crippen LogP contribution is -2.33. The van der Waals surface area contributed by atoms with Crippen molar-refractivity contribution >= 4 is 40.0 Å². The average Bonchev–Trinajstić information content (AvgIpc) is 3.10. The predicted molar refractivity (Wildman–Crippen MR) is 113 cm³/mol. The van der Waals surface area contributed by atoms with Crippen LogP contribution in [0.1, 0.15) is 45.1 Å². The number of nitrogens with one attached hydrogen (secondary N) is 2. The summed E-state index contributed by atoms with van der Waals surface area (Å²) in [6.07, 6.45) is 1.46. The standard InChI is InChI=1S/C21H23N3O2S/c1-4-13(3)14-9-10-18-17(12-14)23-20(26-18)15-7-6-8-16(11-15)22-21(27)24-19(25)5-2/h6-13H,4-5H2,1-3H3,(H2,22,24,25,27)/t13-/m1/s1. The highest BCUT2D eigenvalue weighted by molar-refractivity contribution is 7.80. The predicted octanol–water partition coefficient (Wildman–Crippen LogP) is 5.23. The topological polar surface area (TPSA) is 67.2 Å². The van der Waals surface area contributed by atoms with Crippen molar-refractivity contribution in [2.45, 2.75) is 39.5 Å². The maximum atomic E-state index is 11.4. The van der Waals surface area contributed by atoms with Crippen LogP contribution in [0.3, 0.4) is 0 Å². The summed E-state index contributed by atoms with van der Waals surface area (Å²) in [5, 5.41) is 5.91. The van der Waals surface area contributed by atoms with Gasteiger partial charge in [0.2, 0.25) is 11.8 Å². The Morgan fingerprint density at radius 2 is 2.04 bits per heavy atom. The number of oxazole rings is 1.